The predicted octanol–water partition coefficient (Wildman–Crippen LogP) is -0.448. The third-order valence-electron chi connectivity index (χ3n) is 0. The number of hydrogen-bond acceptors (Lipinski definition) is 1. The quantitative estimate of drug-likeness (QED) is 0.419. The Morgan fingerprint density at radius 2 is 1.75 bits per heavy atom. The molecule has 3 N–H and O–H groups in total. The maximum Gasteiger partial charge on any atom is 0.0765 e. The van der Waals surface area contributed by atoms with E-state index in [-0.39, 0.29) is 46.9 Å². The number of hydrogen-bond donors (Lipinski definition) is 2. The molecule has 0 amide bonds. The molecule has 32 valence electrons. The molecule has 0 aromatic heterocycles. The summed E-state index contributed by atoms with van der Waals surface area (Å²) >= 11 is 0. The van der Waals surface area contributed by atoms with Crippen LogP contribution in [0.1, 0.15) is 0 Å². The molecule has 0 rings (SSSR count). The normalized spacial score (nSPS) is 3.00. The second-order valence-corrected chi connectivity index (χ2v) is 0.167. The van der Waals surface area contributed by atoms with Gasteiger partial charge in [0.15, 0.2) is 0 Å². The van der Waals surface area contributed by atoms with E-state index in [2.05, 4.69) is 5.73 Å². The van der Waals surface area contributed by atoms with E-state index >= 15 is 0 Å². The van der Waals surface area contributed by atoms with Crippen molar-refractivity contribution < 1.29 is 46.9 Å². The van der Waals surface area contributed by atoms with Crippen molar-refractivity contribution in [2.45, 2.75) is 0 Å². The maximum atomic E-state index is 5.86. The summed E-state index contributed by atoms with van der Waals surface area (Å²) in [5.74, 6) is 0. The molecule has 0 atom stereocenters. The van der Waals surface area contributed by atoms with Crippen molar-refractivity contribution in [2.75, 3.05) is 0 Å². The van der Waals surface area contributed by atoms with E-state index in [0.29, 0.717) is 0 Å². The molecule has 0 unspecified atom stereocenters. The smallest absolute Gasteiger partial charge is 0.0765 e. The Kier molecular flexibility index (Phi) is 20.0. The Morgan fingerprint density at radius 1 is 1.75 bits per heavy atom. The molecule has 0 radical (unpaired) electrons. The fourth-order valence-corrected chi connectivity index (χ4v) is 0. The minimum atomic E-state index is 0. The van der Waals surface area contributed by atoms with Crippen molar-refractivity contribution in [3.63, 3.8) is 0 Å². The number of nitrogens with two attached hydrogens (primary N) is 1. The van der Waals surface area contributed by atoms with Crippen molar-refractivity contribution in [2.24, 2.45) is 5.73 Å². The monoisotopic (exact) mass is 218 g/mol. The van der Waals surface area contributed by atoms with Crippen LogP contribution in [0.5, 0.6) is 0 Å². The largest absolute Gasteiger partial charge is 0.390 e. The van der Waals surface area contributed by atoms with Gasteiger partial charge in [-0.15, -0.1) is 0 Å². The summed E-state index contributed by atoms with van der Waals surface area (Å²) in [5, 5.41) is 5.86. The molecule has 0 fully saturated rings. The maximum absolute atomic E-state index is 5.86. The van der Waals surface area contributed by atoms with Crippen LogP contribution in [0.25, 0.3) is 0 Å². The zero-order valence-electron chi connectivity index (χ0n) is 1.92. The van der Waals surface area contributed by atoms with Gasteiger partial charge in [-0.25, -0.2) is 0 Å². The summed E-state index contributed by atoms with van der Waals surface area (Å²) in [6, 6.07) is 0. The predicted molar refractivity (Wildman–Crippen MR) is 13.0 cm³/mol. The second kappa shape index (κ2) is 9.01. The first-order chi connectivity index (χ1) is 1.41. The van der Waals surface area contributed by atoms with Gasteiger partial charge in [-0.3, -0.25) is 5.41 Å². The molecule has 0 aromatic rings. The van der Waals surface area contributed by atoms with Crippen LogP contribution in [-0.4, -0.2) is 6.34 Å². The van der Waals surface area contributed by atoms with E-state index < -0.39 is 0 Å². The van der Waals surface area contributed by atoms with E-state index in [1.54, 1.807) is 0 Å². The average Bonchev–Trinajstić information content (AvgIpc) is 0.918. The first-order valence-electron chi connectivity index (χ1n) is 0.622. The van der Waals surface area contributed by atoms with Crippen molar-refractivity contribution in [1.29, 1.82) is 5.41 Å². The van der Waals surface area contributed by atoms with E-state index in [0.717, 1.165) is 6.34 Å². The Labute approximate surface area is 63.5 Å². The van der Waals surface area contributed by atoms with Crippen LogP contribution in [0.4, 0.5) is 0 Å². The van der Waals surface area contributed by atoms with Gasteiger partial charge >= 0.3 is 0 Å². The summed E-state index contributed by atoms with van der Waals surface area (Å²) in [5.41, 5.74) is 4.39. The van der Waals surface area contributed by atoms with Crippen molar-refractivity contribution in [3.05, 3.63) is 0 Å². The third kappa shape index (κ3) is 12.1. The summed E-state index contributed by atoms with van der Waals surface area (Å²) in [6.45, 7) is 0. The van der Waals surface area contributed by atoms with Gasteiger partial charge < -0.3 is 5.73 Å². The van der Waals surface area contributed by atoms with Gasteiger partial charge in [0.1, 0.15) is 0 Å². The Bertz CT molecular complexity index is 13.5. The molecule has 4 heavy (non-hydrogen) atoms. The van der Waals surface area contributed by atoms with Crippen LogP contribution >= 0.6 is 0 Å². The minimum absolute atomic E-state index is 0. The van der Waals surface area contributed by atoms with E-state index in [1.165, 1.54) is 0 Å². The van der Waals surface area contributed by atoms with E-state index in [1.807, 2.05) is 0 Å². The number of nitrogens with one attached hydrogen (secondary N) is 1. The first-order valence-corrected chi connectivity index (χ1v) is 0.622. The van der Waals surface area contributed by atoms with Crippen LogP contribution in [0.2, 0.25) is 0 Å². The van der Waals surface area contributed by atoms with Crippen molar-refractivity contribution >= 4 is 6.34 Å². The second-order valence-electron chi connectivity index (χ2n) is 0.167. The fourth-order valence-electron chi connectivity index (χ4n) is 0. The zero-order chi connectivity index (χ0) is 2.71. The first kappa shape index (κ1) is 8.89. The van der Waals surface area contributed by atoms with Gasteiger partial charge in [-0.2, -0.15) is 0 Å². The molecule has 0 aliphatic heterocycles. The molecule has 0 aliphatic rings. The molecule has 0 bridgehead atoms. The molecular formula is CH4N2Yb. The minimum Gasteiger partial charge on any atom is -0.390 e. The van der Waals surface area contributed by atoms with E-state index in [9.17, 15) is 0 Å². The SMILES string of the molecule is N=CN.[Yb]. The molecule has 0 spiro atoms. The van der Waals surface area contributed by atoms with Gasteiger partial charge in [0.05, 0.1) is 6.34 Å². The molecular weight excluding hydrogens is 213 g/mol. The fraction of sp³-hybridized carbons (Fsp3) is 0. The van der Waals surface area contributed by atoms with Crippen LogP contribution in [-0.2, 0) is 0 Å². The molecule has 0 heterocycles. The van der Waals surface area contributed by atoms with Crippen LogP contribution < -0.4 is 5.73 Å². The Balaban J connectivity index is 0. The summed E-state index contributed by atoms with van der Waals surface area (Å²) in [7, 11) is 0. The standard InChI is InChI=1S/CH4N2.Yb/c2-1-3;/h1H,(H3,2,3);. The topological polar surface area (TPSA) is 49.9 Å². The number of rotatable bonds is 0. The Morgan fingerprint density at radius 3 is 1.75 bits per heavy atom. The van der Waals surface area contributed by atoms with Gasteiger partial charge in [0.2, 0.25) is 0 Å². The summed E-state index contributed by atoms with van der Waals surface area (Å²) in [4.78, 5) is 0. The molecule has 0 saturated carbocycles. The van der Waals surface area contributed by atoms with Crippen molar-refractivity contribution in [1.82, 2.24) is 0 Å². The van der Waals surface area contributed by atoms with Crippen LogP contribution in [0.15, 0.2) is 0 Å². The molecule has 3 heteroatoms. The third-order valence-corrected chi connectivity index (χ3v) is 0. The average molecular weight is 217 g/mol. The van der Waals surface area contributed by atoms with Gasteiger partial charge in [0.25, 0.3) is 0 Å². The summed E-state index contributed by atoms with van der Waals surface area (Å²) in [6.07, 6.45) is 0.750. The summed E-state index contributed by atoms with van der Waals surface area (Å²) < 4.78 is 0. The zero-order valence-corrected chi connectivity index (χ0v) is 3.64. The van der Waals surface area contributed by atoms with Crippen molar-refractivity contribution in [3.8, 4) is 0 Å². The van der Waals surface area contributed by atoms with Crippen LogP contribution in [0.3, 0.4) is 0 Å². The molecule has 0 saturated heterocycles. The molecule has 0 aliphatic carbocycles. The van der Waals surface area contributed by atoms with E-state index in [4.69, 9.17) is 5.41 Å². The van der Waals surface area contributed by atoms with Crippen LogP contribution in [0, 0.1) is 52.3 Å². The van der Waals surface area contributed by atoms with Gasteiger partial charge in [0, 0.05) is 46.9 Å². The Hall–Kier alpha value is 0.989. The molecule has 0 aromatic carbocycles. The van der Waals surface area contributed by atoms with Gasteiger partial charge in [-0.05, 0) is 0 Å². The van der Waals surface area contributed by atoms with Gasteiger partial charge in [-0.1, -0.05) is 0 Å². The molecule has 2 nitrogen and oxygen atoms in total.